The van der Waals surface area contributed by atoms with Gasteiger partial charge in [-0.25, -0.2) is 0 Å². The van der Waals surface area contributed by atoms with Gasteiger partial charge in [0.15, 0.2) is 0 Å². The van der Waals surface area contributed by atoms with Crippen molar-refractivity contribution in [1.82, 2.24) is 0 Å². The maximum absolute atomic E-state index is 5.76. The van der Waals surface area contributed by atoms with Crippen molar-refractivity contribution < 1.29 is 0 Å². The zero-order valence-electron chi connectivity index (χ0n) is 5.67. The third-order valence-corrected chi connectivity index (χ3v) is 3.74. The normalized spacial score (nSPS) is 10.3. The Morgan fingerprint density at radius 2 is 1.33 bits per heavy atom. The highest BCUT2D eigenvalue weighted by atomic mass is 79.9. The first kappa shape index (κ1) is 10.3. The molecule has 0 fully saturated rings. The van der Waals surface area contributed by atoms with Gasteiger partial charge in [-0.1, -0.05) is 34.8 Å². The molecule has 0 amide bonds. The molecule has 6 heteroatoms. The molecular weight excluding hydrogens is 286 g/mol. The standard InChI is InChI=1S/C6H4BrCl3N2/c7-1-2(8)3(9)4(10)6(12)5(1)11/h11-12H2. The van der Waals surface area contributed by atoms with Crippen molar-refractivity contribution in [2.45, 2.75) is 0 Å². The van der Waals surface area contributed by atoms with Gasteiger partial charge in [-0.2, -0.15) is 0 Å². The van der Waals surface area contributed by atoms with E-state index in [2.05, 4.69) is 15.9 Å². The van der Waals surface area contributed by atoms with Crippen molar-refractivity contribution in [3.63, 3.8) is 0 Å². The summed E-state index contributed by atoms with van der Waals surface area (Å²) in [5, 5.41) is 0.660. The van der Waals surface area contributed by atoms with Crippen molar-refractivity contribution >= 4 is 62.1 Å². The molecule has 0 aliphatic carbocycles. The van der Waals surface area contributed by atoms with Crippen LogP contribution >= 0.6 is 50.7 Å². The lowest BCUT2D eigenvalue weighted by molar-refractivity contribution is 1.61. The number of nitrogen functional groups attached to an aromatic ring is 2. The molecule has 0 unspecified atom stereocenters. The summed E-state index contributed by atoms with van der Waals surface area (Å²) >= 11 is 20.3. The van der Waals surface area contributed by atoms with E-state index in [0.29, 0.717) is 10.2 Å². The highest BCUT2D eigenvalue weighted by molar-refractivity contribution is 9.10. The molecule has 66 valence electrons. The number of nitrogens with two attached hydrogens (primary N) is 2. The quantitative estimate of drug-likeness (QED) is 0.436. The average Bonchev–Trinajstić information content (AvgIpc) is 2.08. The Bertz CT molecular complexity index is 235. The van der Waals surface area contributed by atoms with Crippen LogP contribution in [0, 0.1) is 0 Å². The SMILES string of the molecule is Nc1c(N)c(Br)c(Cl)c(Cl)c1Cl. The molecule has 1 aromatic rings. The van der Waals surface area contributed by atoms with E-state index >= 15 is 0 Å². The lowest BCUT2D eigenvalue weighted by Gasteiger charge is -2.09. The molecule has 0 atom stereocenters. The molecule has 12 heavy (non-hydrogen) atoms. The Kier molecular flexibility index (Phi) is 2.99. The first-order chi connectivity index (χ1) is 5.46. The number of anilines is 2. The second-order valence-electron chi connectivity index (χ2n) is 2.08. The summed E-state index contributed by atoms with van der Waals surface area (Å²) in [7, 11) is 0. The molecule has 4 N–H and O–H groups in total. The Morgan fingerprint density at radius 1 is 0.833 bits per heavy atom. The first-order valence-corrected chi connectivity index (χ1v) is 4.76. The third-order valence-electron chi connectivity index (χ3n) is 1.34. The van der Waals surface area contributed by atoms with Crippen molar-refractivity contribution in [2.75, 3.05) is 11.5 Å². The topological polar surface area (TPSA) is 52.0 Å². The summed E-state index contributed by atoms with van der Waals surface area (Å²) in [5.74, 6) is 0. The summed E-state index contributed by atoms with van der Waals surface area (Å²) in [6, 6.07) is 0. The van der Waals surface area contributed by atoms with E-state index < -0.39 is 0 Å². The molecule has 0 spiro atoms. The summed E-state index contributed by atoms with van der Waals surface area (Å²) in [6.45, 7) is 0. The molecule has 2 nitrogen and oxygen atoms in total. The number of benzene rings is 1. The highest BCUT2D eigenvalue weighted by Crippen LogP contribution is 2.44. The van der Waals surface area contributed by atoms with Crippen LogP contribution in [0.1, 0.15) is 0 Å². The smallest absolute Gasteiger partial charge is 0.0858 e. The van der Waals surface area contributed by atoms with Crippen LogP contribution < -0.4 is 11.5 Å². The number of hydrogen-bond donors (Lipinski definition) is 2. The van der Waals surface area contributed by atoms with Crippen LogP contribution in [0.15, 0.2) is 4.47 Å². The van der Waals surface area contributed by atoms with Gasteiger partial charge in [0.1, 0.15) is 0 Å². The fourth-order valence-electron chi connectivity index (χ4n) is 0.666. The Morgan fingerprint density at radius 3 is 1.83 bits per heavy atom. The molecule has 0 aliphatic heterocycles. The van der Waals surface area contributed by atoms with Crippen LogP contribution in [-0.4, -0.2) is 0 Å². The monoisotopic (exact) mass is 288 g/mol. The lowest BCUT2D eigenvalue weighted by Crippen LogP contribution is -1.97. The van der Waals surface area contributed by atoms with Crippen molar-refractivity contribution in [3.05, 3.63) is 19.5 Å². The van der Waals surface area contributed by atoms with Crippen LogP contribution in [0.2, 0.25) is 15.1 Å². The third kappa shape index (κ3) is 1.46. The van der Waals surface area contributed by atoms with Crippen LogP contribution in [0.5, 0.6) is 0 Å². The number of rotatable bonds is 0. The molecule has 0 aliphatic rings. The Labute approximate surface area is 92.9 Å². The van der Waals surface area contributed by atoms with Gasteiger partial charge in [0.25, 0.3) is 0 Å². The van der Waals surface area contributed by atoms with Crippen LogP contribution in [-0.2, 0) is 0 Å². The summed E-state index contributed by atoms with van der Waals surface area (Å²) in [6.07, 6.45) is 0. The van der Waals surface area contributed by atoms with Gasteiger partial charge < -0.3 is 11.5 Å². The molecule has 0 saturated carbocycles. The maximum atomic E-state index is 5.76. The molecule has 0 heterocycles. The zero-order valence-corrected chi connectivity index (χ0v) is 9.52. The molecular formula is C6H4BrCl3N2. The van der Waals surface area contributed by atoms with Gasteiger partial charge in [-0.05, 0) is 15.9 Å². The zero-order chi connectivity index (χ0) is 9.46. The van der Waals surface area contributed by atoms with Gasteiger partial charge in [0, 0.05) is 0 Å². The van der Waals surface area contributed by atoms with Gasteiger partial charge in [0.05, 0.1) is 30.9 Å². The van der Waals surface area contributed by atoms with E-state index in [9.17, 15) is 0 Å². The fraction of sp³-hybridized carbons (Fsp3) is 0. The predicted molar refractivity (Wildman–Crippen MR) is 58.0 cm³/mol. The summed E-state index contributed by atoms with van der Waals surface area (Å²) < 4.78 is 0.469. The Hall–Kier alpha value is 0.170. The second kappa shape index (κ2) is 3.50. The van der Waals surface area contributed by atoms with Crippen LogP contribution in [0.3, 0.4) is 0 Å². The van der Waals surface area contributed by atoms with Crippen molar-refractivity contribution in [3.8, 4) is 0 Å². The van der Waals surface area contributed by atoms with E-state index in [0.717, 1.165) is 0 Å². The average molecular weight is 290 g/mol. The molecule has 0 radical (unpaired) electrons. The summed E-state index contributed by atoms with van der Waals surface area (Å²) in [4.78, 5) is 0. The van der Waals surface area contributed by atoms with E-state index in [-0.39, 0.29) is 20.8 Å². The fourth-order valence-corrected chi connectivity index (χ4v) is 1.83. The first-order valence-electron chi connectivity index (χ1n) is 2.83. The van der Waals surface area contributed by atoms with Crippen LogP contribution in [0.4, 0.5) is 11.4 Å². The highest BCUT2D eigenvalue weighted by Gasteiger charge is 2.15. The van der Waals surface area contributed by atoms with Crippen LogP contribution in [0.25, 0.3) is 0 Å². The maximum Gasteiger partial charge on any atom is 0.0858 e. The van der Waals surface area contributed by atoms with E-state index in [1.807, 2.05) is 0 Å². The summed E-state index contributed by atoms with van der Waals surface area (Å²) in [5.41, 5.74) is 11.6. The van der Waals surface area contributed by atoms with Gasteiger partial charge in [-0.3, -0.25) is 0 Å². The van der Waals surface area contributed by atoms with E-state index in [1.54, 1.807) is 0 Å². The minimum Gasteiger partial charge on any atom is -0.396 e. The molecule has 1 aromatic carbocycles. The number of halogens is 4. The minimum absolute atomic E-state index is 0.183. The van der Waals surface area contributed by atoms with Gasteiger partial charge in [-0.15, -0.1) is 0 Å². The van der Waals surface area contributed by atoms with Gasteiger partial charge >= 0.3 is 0 Å². The Balaban J connectivity index is 3.60. The van der Waals surface area contributed by atoms with E-state index in [4.69, 9.17) is 46.3 Å². The molecule has 0 saturated heterocycles. The van der Waals surface area contributed by atoms with Gasteiger partial charge in [0.2, 0.25) is 0 Å². The molecule has 0 aromatic heterocycles. The number of hydrogen-bond acceptors (Lipinski definition) is 2. The van der Waals surface area contributed by atoms with Crippen molar-refractivity contribution in [1.29, 1.82) is 0 Å². The largest absolute Gasteiger partial charge is 0.396 e. The minimum atomic E-state index is 0.183. The second-order valence-corrected chi connectivity index (χ2v) is 4.01. The predicted octanol–water partition coefficient (Wildman–Crippen LogP) is 3.57. The van der Waals surface area contributed by atoms with Crippen molar-refractivity contribution in [2.24, 2.45) is 0 Å². The lowest BCUT2D eigenvalue weighted by atomic mass is 10.3. The molecule has 1 rings (SSSR count). The molecule has 0 bridgehead atoms. The van der Waals surface area contributed by atoms with E-state index in [1.165, 1.54) is 0 Å².